The number of furan rings is 1. The van der Waals surface area contributed by atoms with E-state index < -0.39 is 18.2 Å². The predicted octanol–water partition coefficient (Wildman–Crippen LogP) is 2.56. The Bertz CT molecular complexity index is 827. The molecule has 0 radical (unpaired) electrons. The number of carbonyl (C=O) groups excluding carboxylic acids is 2. The maximum atomic E-state index is 12.8. The molecule has 0 spiro atoms. The maximum absolute atomic E-state index is 12.8. The van der Waals surface area contributed by atoms with Gasteiger partial charge in [0.15, 0.2) is 11.5 Å². The molecular formula is C19H21NO6. The molecule has 3 rings (SSSR count). The van der Waals surface area contributed by atoms with Gasteiger partial charge in [-0.25, -0.2) is 4.79 Å². The first-order chi connectivity index (χ1) is 12.4. The first-order valence-electron chi connectivity index (χ1n) is 8.25. The van der Waals surface area contributed by atoms with Crippen molar-refractivity contribution >= 4 is 11.9 Å². The number of hydrogen-bond acceptors (Lipinski definition) is 6. The number of nitrogens with zero attached hydrogens (tertiary/aromatic N) is 1. The zero-order valence-corrected chi connectivity index (χ0v) is 15.1. The molecule has 2 atom stereocenters. The fourth-order valence-electron chi connectivity index (χ4n) is 2.85. The van der Waals surface area contributed by atoms with Gasteiger partial charge in [-0.3, -0.25) is 4.79 Å². The van der Waals surface area contributed by atoms with Gasteiger partial charge in [0.2, 0.25) is 6.10 Å². The molecule has 1 aromatic carbocycles. The first kappa shape index (κ1) is 17.8. The van der Waals surface area contributed by atoms with E-state index in [9.17, 15) is 9.59 Å². The average Bonchev–Trinajstić information content (AvgIpc) is 2.99. The third-order valence-electron chi connectivity index (χ3n) is 4.23. The van der Waals surface area contributed by atoms with Gasteiger partial charge in [-0.2, -0.15) is 0 Å². The quantitative estimate of drug-likeness (QED) is 0.781. The second kappa shape index (κ2) is 7.11. The summed E-state index contributed by atoms with van der Waals surface area (Å²) in [5.74, 6) is 1.40. The van der Waals surface area contributed by atoms with Gasteiger partial charge in [0.25, 0.3) is 5.91 Å². The minimum atomic E-state index is -0.758. The Hall–Kier alpha value is -2.96. The van der Waals surface area contributed by atoms with Crippen LogP contribution in [0.2, 0.25) is 0 Å². The summed E-state index contributed by atoms with van der Waals surface area (Å²) in [7, 11) is 2.96. The number of likely N-dealkylation sites (N-methyl/N-ethyl adjacent to an activating group) is 1. The van der Waals surface area contributed by atoms with Crippen molar-refractivity contribution < 1.29 is 28.2 Å². The molecule has 7 heteroatoms. The van der Waals surface area contributed by atoms with E-state index in [1.54, 1.807) is 39.1 Å². The highest BCUT2D eigenvalue weighted by Gasteiger charge is 2.36. The van der Waals surface area contributed by atoms with Crippen LogP contribution in [0.1, 0.15) is 28.8 Å². The van der Waals surface area contributed by atoms with Crippen LogP contribution in [0.5, 0.6) is 11.5 Å². The number of aryl methyl sites for hydroxylation is 1. The van der Waals surface area contributed by atoms with Crippen LogP contribution in [-0.4, -0.2) is 43.1 Å². The molecule has 26 heavy (non-hydrogen) atoms. The molecule has 0 saturated carbocycles. The van der Waals surface area contributed by atoms with Crippen LogP contribution in [0.4, 0.5) is 0 Å². The Morgan fingerprint density at radius 1 is 1.19 bits per heavy atom. The third kappa shape index (κ3) is 3.37. The number of benzene rings is 1. The molecule has 0 unspecified atom stereocenters. The number of methoxy groups -OCH3 is 1. The molecule has 1 aliphatic rings. The number of para-hydroxylation sites is 2. The highest BCUT2D eigenvalue weighted by Crippen LogP contribution is 2.34. The van der Waals surface area contributed by atoms with E-state index in [-0.39, 0.29) is 12.5 Å². The predicted molar refractivity (Wildman–Crippen MR) is 92.2 cm³/mol. The van der Waals surface area contributed by atoms with Gasteiger partial charge < -0.3 is 23.5 Å². The molecule has 2 aromatic rings. The van der Waals surface area contributed by atoms with Gasteiger partial charge in [-0.15, -0.1) is 0 Å². The lowest BCUT2D eigenvalue weighted by Crippen LogP contribution is -2.49. The standard InChI is InChI=1S/C19H21NO6/c1-11-14(19(22)23-4)9-13(24-11)10-20(3)18(21)17-12(2)25-15-7-5-6-8-16(15)26-17/h5-9,12,17H,10H2,1-4H3/t12-,17-/m1/s1. The lowest BCUT2D eigenvalue weighted by Gasteiger charge is -2.33. The molecule has 1 aromatic heterocycles. The Morgan fingerprint density at radius 2 is 1.85 bits per heavy atom. The van der Waals surface area contributed by atoms with E-state index in [0.717, 1.165) is 0 Å². The van der Waals surface area contributed by atoms with Crippen molar-refractivity contribution in [3.8, 4) is 11.5 Å². The Balaban J connectivity index is 1.71. The molecular weight excluding hydrogens is 338 g/mol. The van der Waals surface area contributed by atoms with Crippen molar-refractivity contribution in [1.82, 2.24) is 4.90 Å². The largest absolute Gasteiger partial charge is 0.482 e. The Labute approximate surface area is 151 Å². The second-order valence-electron chi connectivity index (χ2n) is 6.18. The Kier molecular flexibility index (Phi) is 4.88. The summed E-state index contributed by atoms with van der Waals surface area (Å²) in [6.45, 7) is 3.66. The molecule has 138 valence electrons. The number of fused-ring (bicyclic) bond motifs is 1. The van der Waals surface area contributed by atoms with Crippen LogP contribution in [0.3, 0.4) is 0 Å². The van der Waals surface area contributed by atoms with E-state index in [0.29, 0.717) is 28.6 Å². The summed E-state index contributed by atoms with van der Waals surface area (Å²) < 4.78 is 21.9. The summed E-state index contributed by atoms with van der Waals surface area (Å²) in [5.41, 5.74) is 0.350. The van der Waals surface area contributed by atoms with E-state index in [2.05, 4.69) is 0 Å². The van der Waals surface area contributed by atoms with Crippen LogP contribution in [-0.2, 0) is 16.1 Å². The van der Waals surface area contributed by atoms with E-state index in [1.165, 1.54) is 12.0 Å². The van der Waals surface area contributed by atoms with Crippen molar-refractivity contribution in [1.29, 1.82) is 0 Å². The molecule has 0 bridgehead atoms. The summed E-state index contributed by atoms with van der Waals surface area (Å²) in [5, 5.41) is 0. The second-order valence-corrected chi connectivity index (χ2v) is 6.18. The van der Waals surface area contributed by atoms with Gasteiger partial charge in [-0.1, -0.05) is 12.1 Å². The minimum absolute atomic E-state index is 0.199. The van der Waals surface area contributed by atoms with Crippen molar-refractivity contribution in [2.45, 2.75) is 32.6 Å². The molecule has 0 N–H and O–H groups in total. The summed E-state index contributed by atoms with van der Waals surface area (Å²) in [6, 6.07) is 8.82. The van der Waals surface area contributed by atoms with Crippen molar-refractivity contribution in [2.75, 3.05) is 14.2 Å². The van der Waals surface area contributed by atoms with Crippen LogP contribution in [0, 0.1) is 6.92 Å². The monoisotopic (exact) mass is 359 g/mol. The SMILES string of the molecule is COC(=O)c1cc(CN(C)C(=O)[C@@H]2Oc3ccccc3O[C@@H]2C)oc1C. The molecule has 0 fully saturated rings. The minimum Gasteiger partial charge on any atom is -0.482 e. The normalized spacial score (nSPS) is 18.3. The number of carbonyl (C=O) groups is 2. The number of ether oxygens (including phenoxy) is 3. The number of amides is 1. The summed E-state index contributed by atoms with van der Waals surface area (Å²) in [6.07, 6.45) is -1.19. The topological polar surface area (TPSA) is 78.2 Å². The molecule has 1 aliphatic heterocycles. The number of hydrogen-bond donors (Lipinski definition) is 0. The van der Waals surface area contributed by atoms with E-state index >= 15 is 0 Å². The third-order valence-corrected chi connectivity index (χ3v) is 4.23. The molecule has 7 nitrogen and oxygen atoms in total. The molecule has 0 saturated heterocycles. The molecule has 2 heterocycles. The van der Waals surface area contributed by atoms with Crippen LogP contribution in [0.15, 0.2) is 34.7 Å². The van der Waals surface area contributed by atoms with Gasteiger partial charge in [-0.05, 0) is 32.0 Å². The lowest BCUT2D eigenvalue weighted by atomic mass is 10.1. The molecule has 1 amide bonds. The average molecular weight is 359 g/mol. The first-order valence-corrected chi connectivity index (χ1v) is 8.25. The van der Waals surface area contributed by atoms with Crippen molar-refractivity contribution in [3.05, 3.63) is 47.4 Å². The molecule has 0 aliphatic carbocycles. The highest BCUT2D eigenvalue weighted by molar-refractivity contribution is 5.90. The zero-order chi connectivity index (χ0) is 18.8. The van der Waals surface area contributed by atoms with E-state index in [1.807, 2.05) is 12.1 Å². The van der Waals surface area contributed by atoms with Crippen LogP contribution >= 0.6 is 0 Å². The van der Waals surface area contributed by atoms with Gasteiger partial charge in [0.05, 0.1) is 13.7 Å². The zero-order valence-electron chi connectivity index (χ0n) is 15.1. The van der Waals surface area contributed by atoms with E-state index in [4.69, 9.17) is 18.6 Å². The number of esters is 1. The number of rotatable bonds is 4. The van der Waals surface area contributed by atoms with Crippen molar-refractivity contribution in [2.24, 2.45) is 0 Å². The lowest BCUT2D eigenvalue weighted by molar-refractivity contribution is -0.143. The van der Waals surface area contributed by atoms with Crippen LogP contribution in [0.25, 0.3) is 0 Å². The highest BCUT2D eigenvalue weighted by atomic mass is 16.6. The fourth-order valence-corrected chi connectivity index (χ4v) is 2.85. The summed E-state index contributed by atoms with van der Waals surface area (Å²) in [4.78, 5) is 26.0. The van der Waals surface area contributed by atoms with Gasteiger partial charge in [0, 0.05) is 7.05 Å². The Morgan fingerprint density at radius 3 is 2.50 bits per heavy atom. The van der Waals surface area contributed by atoms with Crippen LogP contribution < -0.4 is 9.47 Å². The summed E-state index contributed by atoms with van der Waals surface area (Å²) >= 11 is 0. The smallest absolute Gasteiger partial charge is 0.341 e. The maximum Gasteiger partial charge on any atom is 0.341 e. The fraction of sp³-hybridized carbons (Fsp3) is 0.368. The van der Waals surface area contributed by atoms with Gasteiger partial charge in [0.1, 0.15) is 23.2 Å². The van der Waals surface area contributed by atoms with Crippen molar-refractivity contribution in [3.63, 3.8) is 0 Å². The van der Waals surface area contributed by atoms with Gasteiger partial charge >= 0.3 is 5.97 Å².